The summed E-state index contributed by atoms with van der Waals surface area (Å²) in [7, 11) is 1.23. The molecule has 1 aromatic carbocycles. The molecule has 0 saturated carbocycles. The molecule has 0 spiro atoms. The van der Waals surface area contributed by atoms with Gasteiger partial charge >= 0.3 is 5.97 Å². The number of ether oxygens (including phenoxy) is 1. The van der Waals surface area contributed by atoms with Gasteiger partial charge in [0.1, 0.15) is 6.61 Å². The predicted molar refractivity (Wildman–Crippen MR) is 91.3 cm³/mol. The number of hydrogen-bond donors (Lipinski definition) is 2. The van der Waals surface area contributed by atoms with E-state index >= 15 is 0 Å². The van der Waals surface area contributed by atoms with Crippen molar-refractivity contribution in [2.45, 2.75) is 0 Å². The Labute approximate surface area is 142 Å². The number of rotatable bonds is 3. The molecule has 0 atom stereocenters. The van der Waals surface area contributed by atoms with Crippen molar-refractivity contribution in [3.8, 4) is 11.8 Å². The molecule has 1 aliphatic heterocycles. The van der Waals surface area contributed by atoms with Crippen LogP contribution in [0, 0.1) is 11.8 Å². The van der Waals surface area contributed by atoms with Gasteiger partial charge in [-0.05, 0) is 29.5 Å². The number of methoxy groups -OCH3 is 1. The minimum absolute atomic E-state index is 0.184. The second kappa shape index (κ2) is 8.67. The minimum atomic E-state index is -0.609. The second-order valence-corrected chi connectivity index (χ2v) is 5.35. The number of thioether (sulfide) groups is 1. The zero-order valence-corrected chi connectivity index (χ0v) is 13.5. The van der Waals surface area contributed by atoms with E-state index in [9.17, 15) is 9.59 Å². The largest absolute Gasteiger partial charge is 0.466 e. The molecular weight excluding hydrogens is 330 g/mol. The summed E-state index contributed by atoms with van der Waals surface area (Å²) in [5.41, 5.74) is 1.58. The van der Waals surface area contributed by atoms with Crippen LogP contribution in [0.2, 0.25) is 0 Å². The highest BCUT2D eigenvalue weighted by Crippen LogP contribution is 2.23. The molecule has 1 aliphatic rings. The van der Waals surface area contributed by atoms with E-state index in [1.165, 1.54) is 13.3 Å². The van der Waals surface area contributed by atoms with Crippen molar-refractivity contribution in [2.24, 2.45) is 10.2 Å². The normalized spacial score (nSPS) is 17.0. The number of benzene rings is 1. The molecule has 0 radical (unpaired) electrons. The minimum Gasteiger partial charge on any atom is -0.466 e. The van der Waals surface area contributed by atoms with Gasteiger partial charge in [-0.25, -0.2) is 4.79 Å². The first kappa shape index (κ1) is 17.5. The molecule has 1 aromatic rings. The van der Waals surface area contributed by atoms with Gasteiger partial charge in [-0.3, -0.25) is 10.1 Å². The van der Waals surface area contributed by atoms with Gasteiger partial charge in [-0.15, -0.1) is 5.10 Å². The Hall–Kier alpha value is -2.89. The molecule has 2 rings (SSSR count). The number of hydrogen-bond acceptors (Lipinski definition) is 7. The van der Waals surface area contributed by atoms with Crippen LogP contribution in [0.15, 0.2) is 45.4 Å². The van der Waals surface area contributed by atoms with Crippen LogP contribution in [0.1, 0.15) is 11.1 Å². The van der Waals surface area contributed by atoms with Gasteiger partial charge in [0, 0.05) is 11.6 Å². The summed E-state index contributed by atoms with van der Waals surface area (Å²) < 4.78 is 4.47. The summed E-state index contributed by atoms with van der Waals surface area (Å²) in [6.45, 7) is -0.184. The van der Waals surface area contributed by atoms with Gasteiger partial charge in [0.25, 0.3) is 5.91 Å². The number of amides is 1. The van der Waals surface area contributed by atoms with E-state index < -0.39 is 11.9 Å². The van der Waals surface area contributed by atoms with Crippen LogP contribution in [0.25, 0.3) is 0 Å². The number of esters is 1. The first-order valence-corrected chi connectivity index (χ1v) is 7.53. The molecule has 1 amide bonds. The highest BCUT2D eigenvalue weighted by molar-refractivity contribution is 8.18. The third-order valence-electron chi connectivity index (χ3n) is 2.68. The first-order chi connectivity index (χ1) is 11.6. The molecule has 8 heteroatoms. The SMILES string of the molecule is COC(=O)/C=C1/S/C(=N\N=Cc2ccc(C#CCO)cc2)NC1=O. The van der Waals surface area contributed by atoms with Crippen molar-refractivity contribution in [3.63, 3.8) is 0 Å². The van der Waals surface area contributed by atoms with Gasteiger partial charge in [0.2, 0.25) is 0 Å². The Kier molecular flexibility index (Phi) is 6.31. The van der Waals surface area contributed by atoms with Gasteiger partial charge in [0.05, 0.1) is 18.2 Å². The molecule has 1 fully saturated rings. The Morgan fingerprint density at radius 2 is 2.17 bits per heavy atom. The number of nitrogens with zero attached hydrogens (tertiary/aromatic N) is 2. The average Bonchev–Trinajstić information content (AvgIpc) is 2.93. The zero-order valence-electron chi connectivity index (χ0n) is 12.6. The van der Waals surface area contributed by atoms with Crippen molar-refractivity contribution >= 4 is 35.0 Å². The summed E-state index contributed by atoms with van der Waals surface area (Å²) in [6.07, 6.45) is 2.61. The van der Waals surface area contributed by atoms with Crippen molar-refractivity contribution in [2.75, 3.05) is 13.7 Å². The molecule has 0 aliphatic carbocycles. The van der Waals surface area contributed by atoms with E-state index in [0.717, 1.165) is 29.0 Å². The number of aliphatic hydroxyl groups excluding tert-OH is 1. The van der Waals surface area contributed by atoms with Crippen LogP contribution in [0.3, 0.4) is 0 Å². The number of carbonyl (C=O) groups excluding carboxylic acids is 2. The lowest BCUT2D eigenvalue weighted by Crippen LogP contribution is -2.19. The average molecular weight is 343 g/mol. The van der Waals surface area contributed by atoms with Crippen LogP contribution in [0.4, 0.5) is 0 Å². The summed E-state index contributed by atoms with van der Waals surface area (Å²) in [4.78, 5) is 22.9. The van der Waals surface area contributed by atoms with Crippen LogP contribution in [-0.2, 0) is 14.3 Å². The molecule has 1 saturated heterocycles. The van der Waals surface area contributed by atoms with E-state index in [4.69, 9.17) is 5.11 Å². The van der Waals surface area contributed by atoms with Crippen molar-refractivity contribution in [3.05, 3.63) is 46.4 Å². The molecule has 122 valence electrons. The van der Waals surface area contributed by atoms with E-state index in [1.54, 1.807) is 24.3 Å². The fraction of sp³-hybridized carbons (Fsp3) is 0.125. The van der Waals surface area contributed by atoms with E-state index in [1.807, 2.05) is 0 Å². The summed E-state index contributed by atoms with van der Waals surface area (Å²) >= 11 is 1.00. The quantitative estimate of drug-likeness (QED) is 0.276. The highest BCUT2D eigenvalue weighted by atomic mass is 32.2. The Morgan fingerprint density at radius 1 is 1.42 bits per heavy atom. The third kappa shape index (κ3) is 5.08. The van der Waals surface area contributed by atoms with E-state index in [2.05, 4.69) is 32.1 Å². The lowest BCUT2D eigenvalue weighted by Gasteiger charge is -1.93. The zero-order chi connectivity index (χ0) is 17.4. The highest BCUT2D eigenvalue weighted by Gasteiger charge is 2.24. The van der Waals surface area contributed by atoms with Crippen LogP contribution in [-0.4, -0.2) is 42.1 Å². The van der Waals surface area contributed by atoms with E-state index in [-0.39, 0.29) is 16.7 Å². The number of aliphatic hydroxyl groups is 1. The first-order valence-electron chi connectivity index (χ1n) is 6.72. The van der Waals surface area contributed by atoms with Crippen molar-refractivity contribution < 1.29 is 19.4 Å². The Bertz CT molecular complexity index is 786. The van der Waals surface area contributed by atoms with Gasteiger partial charge < -0.3 is 9.84 Å². The third-order valence-corrected chi connectivity index (χ3v) is 3.58. The van der Waals surface area contributed by atoms with Crippen LogP contribution in [0.5, 0.6) is 0 Å². The van der Waals surface area contributed by atoms with Gasteiger partial charge in [-0.1, -0.05) is 24.0 Å². The molecular formula is C16H13N3O4S. The smallest absolute Gasteiger partial charge is 0.331 e. The van der Waals surface area contributed by atoms with Crippen molar-refractivity contribution in [1.82, 2.24) is 5.32 Å². The number of carbonyl (C=O) groups is 2. The lowest BCUT2D eigenvalue weighted by atomic mass is 10.1. The molecule has 0 bridgehead atoms. The lowest BCUT2D eigenvalue weighted by molar-refractivity contribution is -0.135. The fourth-order valence-electron chi connectivity index (χ4n) is 1.58. The maximum Gasteiger partial charge on any atom is 0.331 e. The Morgan fingerprint density at radius 3 is 2.83 bits per heavy atom. The van der Waals surface area contributed by atoms with E-state index in [0.29, 0.717) is 0 Å². The number of nitrogens with one attached hydrogen (secondary N) is 1. The maximum absolute atomic E-state index is 11.6. The molecule has 24 heavy (non-hydrogen) atoms. The molecule has 7 nitrogen and oxygen atoms in total. The second-order valence-electron chi connectivity index (χ2n) is 4.32. The topological polar surface area (TPSA) is 100 Å². The number of amidine groups is 1. The Balaban J connectivity index is 2.00. The predicted octanol–water partition coefficient (Wildman–Crippen LogP) is 0.640. The summed E-state index contributed by atoms with van der Waals surface area (Å²) in [5.74, 6) is 4.31. The van der Waals surface area contributed by atoms with Crippen LogP contribution < -0.4 is 5.32 Å². The summed E-state index contributed by atoms with van der Waals surface area (Å²) in [5, 5.41) is 19.2. The molecule has 0 unspecified atom stereocenters. The van der Waals surface area contributed by atoms with Gasteiger partial charge in [-0.2, -0.15) is 5.10 Å². The molecule has 0 aromatic heterocycles. The molecule has 1 heterocycles. The monoisotopic (exact) mass is 343 g/mol. The molecule has 2 N–H and O–H groups in total. The van der Waals surface area contributed by atoms with Gasteiger partial charge in [0.15, 0.2) is 5.17 Å². The standard InChI is InChI=1S/C16H13N3O4S/c1-23-14(21)9-13-15(22)18-16(24-13)19-17-10-12-6-4-11(5-7-12)3-2-8-20/h4-7,9-10,20H,8H2,1H3,(H,18,19,22)/b13-9+,17-10?. The summed E-state index contributed by atoms with van der Waals surface area (Å²) in [6, 6.07) is 7.18. The maximum atomic E-state index is 11.6. The van der Waals surface area contributed by atoms with Crippen LogP contribution >= 0.6 is 11.8 Å². The van der Waals surface area contributed by atoms with Crippen molar-refractivity contribution in [1.29, 1.82) is 0 Å². The fourth-order valence-corrected chi connectivity index (χ4v) is 2.32.